The molecule has 2 aromatic rings. The molecule has 1 aromatic heterocycles. The average Bonchev–Trinajstić information content (AvgIpc) is 2.82. The first kappa shape index (κ1) is 11.2. The Morgan fingerprint density at radius 2 is 2.22 bits per heavy atom. The standard InChI is InChI=1S/C15H16N2O/c1-10(18)12-2-3-13-14(9-17-15(13)8-12)11-4-6-16-7-5-11/h2-4,8-9,16-17H,5-7H2,1H3. The Morgan fingerprint density at radius 3 is 2.94 bits per heavy atom. The number of nitrogens with one attached hydrogen (secondary N) is 2. The van der Waals surface area contributed by atoms with E-state index >= 15 is 0 Å². The summed E-state index contributed by atoms with van der Waals surface area (Å²) < 4.78 is 0. The van der Waals surface area contributed by atoms with Crippen molar-refractivity contribution in [1.82, 2.24) is 10.3 Å². The summed E-state index contributed by atoms with van der Waals surface area (Å²) >= 11 is 0. The lowest BCUT2D eigenvalue weighted by molar-refractivity contribution is 0.101. The average molecular weight is 240 g/mol. The van der Waals surface area contributed by atoms with E-state index in [0.717, 1.165) is 30.6 Å². The fraction of sp³-hybridized carbons (Fsp3) is 0.267. The second-order valence-corrected chi connectivity index (χ2v) is 4.70. The molecule has 92 valence electrons. The maximum Gasteiger partial charge on any atom is 0.159 e. The van der Waals surface area contributed by atoms with E-state index in [2.05, 4.69) is 16.4 Å². The fourth-order valence-electron chi connectivity index (χ4n) is 2.48. The van der Waals surface area contributed by atoms with Gasteiger partial charge in [-0.3, -0.25) is 4.79 Å². The van der Waals surface area contributed by atoms with Gasteiger partial charge in [-0.1, -0.05) is 18.2 Å². The van der Waals surface area contributed by atoms with Crippen LogP contribution in [0.3, 0.4) is 0 Å². The molecule has 0 fully saturated rings. The van der Waals surface area contributed by atoms with Gasteiger partial charge in [-0.25, -0.2) is 0 Å². The lowest BCUT2D eigenvalue weighted by Gasteiger charge is -2.13. The number of hydrogen-bond donors (Lipinski definition) is 2. The zero-order valence-corrected chi connectivity index (χ0v) is 10.4. The molecule has 2 heterocycles. The summed E-state index contributed by atoms with van der Waals surface area (Å²) in [5, 5.41) is 4.52. The van der Waals surface area contributed by atoms with E-state index in [4.69, 9.17) is 0 Å². The molecule has 0 saturated carbocycles. The van der Waals surface area contributed by atoms with E-state index in [0.29, 0.717) is 0 Å². The third kappa shape index (κ3) is 1.87. The molecule has 3 nitrogen and oxygen atoms in total. The molecule has 3 rings (SSSR count). The van der Waals surface area contributed by atoms with Crippen molar-refractivity contribution in [2.45, 2.75) is 13.3 Å². The summed E-state index contributed by atoms with van der Waals surface area (Å²) in [5.74, 6) is 0.106. The van der Waals surface area contributed by atoms with Crippen LogP contribution < -0.4 is 5.32 Å². The van der Waals surface area contributed by atoms with Gasteiger partial charge in [0.15, 0.2) is 5.78 Å². The van der Waals surface area contributed by atoms with E-state index in [9.17, 15) is 4.79 Å². The van der Waals surface area contributed by atoms with Gasteiger partial charge < -0.3 is 10.3 Å². The summed E-state index contributed by atoms with van der Waals surface area (Å²) in [6.07, 6.45) is 5.35. The Hall–Kier alpha value is -1.87. The van der Waals surface area contributed by atoms with Crippen molar-refractivity contribution in [3.63, 3.8) is 0 Å². The number of aromatic nitrogens is 1. The molecule has 1 aromatic carbocycles. The minimum atomic E-state index is 0.106. The van der Waals surface area contributed by atoms with Crippen molar-refractivity contribution >= 4 is 22.3 Å². The van der Waals surface area contributed by atoms with E-state index in [1.807, 2.05) is 24.4 Å². The molecule has 0 atom stereocenters. The Morgan fingerprint density at radius 1 is 1.33 bits per heavy atom. The van der Waals surface area contributed by atoms with Crippen LogP contribution in [0, 0.1) is 0 Å². The first-order valence-electron chi connectivity index (χ1n) is 6.28. The van der Waals surface area contributed by atoms with Crippen molar-refractivity contribution in [1.29, 1.82) is 0 Å². The number of carbonyl (C=O) groups excluding carboxylic acids is 1. The maximum absolute atomic E-state index is 11.4. The fourth-order valence-corrected chi connectivity index (χ4v) is 2.48. The van der Waals surface area contributed by atoms with Crippen LogP contribution >= 0.6 is 0 Å². The van der Waals surface area contributed by atoms with Gasteiger partial charge in [0.05, 0.1) is 0 Å². The number of rotatable bonds is 2. The molecule has 0 radical (unpaired) electrons. The number of ketones is 1. The van der Waals surface area contributed by atoms with Crippen LogP contribution in [0.1, 0.15) is 29.3 Å². The highest BCUT2D eigenvalue weighted by Crippen LogP contribution is 2.28. The number of Topliss-reactive ketones (excluding diaryl/α,β-unsaturated/α-hetero) is 1. The third-order valence-electron chi connectivity index (χ3n) is 3.50. The van der Waals surface area contributed by atoms with E-state index < -0.39 is 0 Å². The highest BCUT2D eigenvalue weighted by atomic mass is 16.1. The topological polar surface area (TPSA) is 44.9 Å². The molecule has 0 unspecified atom stereocenters. The normalized spacial score (nSPS) is 15.7. The van der Waals surface area contributed by atoms with E-state index in [-0.39, 0.29) is 5.78 Å². The molecule has 0 spiro atoms. The van der Waals surface area contributed by atoms with E-state index in [1.165, 1.54) is 16.5 Å². The van der Waals surface area contributed by atoms with Crippen molar-refractivity contribution in [2.24, 2.45) is 0 Å². The van der Waals surface area contributed by atoms with Crippen LogP contribution in [0.4, 0.5) is 0 Å². The van der Waals surface area contributed by atoms with Crippen LogP contribution in [0.25, 0.3) is 16.5 Å². The summed E-state index contributed by atoms with van der Waals surface area (Å²) in [6.45, 7) is 3.57. The minimum absolute atomic E-state index is 0.106. The van der Waals surface area contributed by atoms with Crippen LogP contribution in [0.2, 0.25) is 0 Å². The molecule has 0 aliphatic carbocycles. The number of carbonyl (C=O) groups is 1. The predicted molar refractivity (Wildman–Crippen MR) is 73.8 cm³/mol. The van der Waals surface area contributed by atoms with Crippen molar-refractivity contribution in [2.75, 3.05) is 13.1 Å². The molecule has 0 saturated heterocycles. The number of H-pyrrole nitrogens is 1. The summed E-state index contributed by atoms with van der Waals surface area (Å²) in [6, 6.07) is 5.88. The van der Waals surface area contributed by atoms with Gasteiger partial charge in [-0.15, -0.1) is 0 Å². The first-order chi connectivity index (χ1) is 8.75. The third-order valence-corrected chi connectivity index (χ3v) is 3.50. The van der Waals surface area contributed by atoms with Gasteiger partial charge in [0.1, 0.15) is 0 Å². The van der Waals surface area contributed by atoms with Crippen LogP contribution in [0.5, 0.6) is 0 Å². The van der Waals surface area contributed by atoms with Gasteiger partial charge in [0.25, 0.3) is 0 Å². The lowest BCUT2D eigenvalue weighted by Crippen LogP contribution is -2.19. The molecule has 2 N–H and O–H groups in total. The summed E-state index contributed by atoms with van der Waals surface area (Å²) in [5.41, 5.74) is 4.45. The maximum atomic E-state index is 11.4. The first-order valence-corrected chi connectivity index (χ1v) is 6.28. The zero-order chi connectivity index (χ0) is 12.5. The number of aromatic amines is 1. The van der Waals surface area contributed by atoms with Crippen LogP contribution in [0.15, 0.2) is 30.5 Å². The quantitative estimate of drug-likeness (QED) is 0.793. The number of benzene rings is 1. The van der Waals surface area contributed by atoms with E-state index in [1.54, 1.807) is 6.92 Å². The Bertz CT molecular complexity index is 637. The van der Waals surface area contributed by atoms with Crippen molar-refractivity contribution in [3.8, 4) is 0 Å². The smallest absolute Gasteiger partial charge is 0.159 e. The second kappa shape index (κ2) is 4.42. The highest BCUT2D eigenvalue weighted by molar-refractivity contribution is 6.00. The van der Waals surface area contributed by atoms with Gasteiger partial charge in [-0.2, -0.15) is 0 Å². The van der Waals surface area contributed by atoms with Crippen LogP contribution in [-0.4, -0.2) is 23.9 Å². The summed E-state index contributed by atoms with van der Waals surface area (Å²) in [7, 11) is 0. The lowest BCUT2D eigenvalue weighted by atomic mass is 9.99. The van der Waals surface area contributed by atoms with Crippen molar-refractivity contribution in [3.05, 3.63) is 41.6 Å². The van der Waals surface area contributed by atoms with Crippen LogP contribution in [-0.2, 0) is 0 Å². The zero-order valence-electron chi connectivity index (χ0n) is 10.4. The number of fused-ring (bicyclic) bond motifs is 1. The van der Waals surface area contributed by atoms with Gasteiger partial charge in [0.2, 0.25) is 0 Å². The molecule has 1 aliphatic heterocycles. The Balaban J connectivity index is 2.09. The SMILES string of the molecule is CC(=O)c1ccc2c(C3=CCNCC3)c[nH]c2c1. The molecule has 3 heteroatoms. The molecule has 18 heavy (non-hydrogen) atoms. The van der Waals surface area contributed by atoms with Gasteiger partial charge in [0, 0.05) is 34.8 Å². The Labute approximate surface area is 106 Å². The molecule has 0 amide bonds. The van der Waals surface area contributed by atoms with Crippen molar-refractivity contribution < 1.29 is 4.79 Å². The molecule has 1 aliphatic rings. The summed E-state index contributed by atoms with van der Waals surface area (Å²) in [4.78, 5) is 14.6. The molecule has 0 bridgehead atoms. The van der Waals surface area contributed by atoms with Gasteiger partial charge in [-0.05, 0) is 31.5 Å². The highest BCUT2D eigenvalue weighted by Gasteiger charge is 2.11. The minimum Gasteiger partial charge on any atom is -0.361 e. The largest absolute Gasteiger partial charge is 0.361 e. The predicted octanol–water partition coefficient (Wildman–Crippen LogP) is 2.75. The molecular formula is C15H16N2O. The monoisotopic (exact) mass is 240 g/mol. The second-order valence-electron chi connectivity index (χ2n) is 4.70. The van der Waals surface area contributed by atoms with Gasteiger partial charge >= 0.3 is 0 Å². The molecular weight excluding hydrogens is 224 g/mol. The number of hydrogen-bond acceptors (Lipinski definition) is 2. The Kier molecular flexibility index (Phi) is 2.76.